The number of carbonyl (C=O) groups is 1. The summed E-state index contributed by atoms with van der Waals surface area (Å²) in [7, 11) is 0. The van der Waals surface area contributed by atoms with Gasteiger partial charge in [-0.1, -0.05) is 51.0 Å². The summed E-state index contributed by atoms with van der Waals surface area (Å²) in [6.45, 7) is 10.1. The first-order chi connectivity index (χ1) is 16.3. The molecule has 4 rings (SSSR count). The first-order valence-corrected chi connectivity index (χ1v) is 11.7. The molecule has 1 unspecified atom stereocenters. The monoisotopic (exact) mass is 461 g/mol. The summed E-state index contributed by atoms with van der Waals surface area (Å²) in [4.78, 5) is 24.2. The number of para-hydroxylation sites is 1. The van der Waals surface area contributed by atoms with E-state index in [0.717, 1.165) is 30.4 Å². The molecule has 6 heteroatoms. The van der Waals surface area contributed by atoms with Crippen LogP contribution in [0.3, 0.4) is 0 Å². The van der Waals surface area contributed by atoms with E-state index in [9.17, 15) is 9.18 Å². The van der Waals surface area contributed by atoms with Crippen molar-refractivity contribution < 1.29 is 13.6 Å². The third kappa shape index (κ3) is 6.34. The zero-order chi connectivity index (χ0) is 24.7. The highest BCUT2D eigenvalue weighted by Gasteiger charge is 2.18. The van der Waals surface area contributed by atoms with Crippen LogP contribution in [-0.4, -0.2) is 20.7 Å². The predicted octanol–water partition coefficient (Wildman–Crippen LogP) is 7.55. The molecule has 2 aromatic carbocycles. The molecule has 2 heterocycles. The van der Waals surface area contributed by atoms with Gasteiger partial charge < -0.3 is 4.42 Å². The number of aromatic nitrogens is 3. The van der Waals surface area contributed by atoms with E-state index in [-0.39, 0.29) is 11.6 Å². The maximum atomic E-state index is 13.6. The Morgan fingerprint density at radius 3 is 2.41 bits per heavy atom. The number of nitrogens with zero attached hydrogens (tertiary/aromatic N) is 3. The van der Waals surface area contributed by atoms with Gasteiger partial charge in [-0.2, -0.15) is 0 Å². The Morgan fingerprint density at radius 1 is 1.06 bits per heavy atom. The Morgan fingerprint density at radius 2 is 1.79 bits per heavy atom. The topological polar surface area (TPSA) is 68.9 Å². The predicted molar refractivity (Wildman–Crippen MR) is 133 cm³/mol. The lowest BCUT2D eigenvalue weighted by molar-refractivity contribution is 0.101. The van der Waals surface area contributed by atoms with Crippen molar-refractivity contribution in [2.75, 3.05) is 0 Å². The standard InChI is InChI=1S/C15H20FNO.C13H12N2O/c1-4-11(9-8-10(2)3)15-17-14-12(16)6-5-7-13(14)18-15;1-9-4-5-11(12(8-9)10(2)16)13-14-6-3-7-15-13/h5-7,10-11H,4,8-9H2,1-3H3;3-8H,1-2H3. The first kappa shape index (κ1) is 25.2. The van der Waals surface area contributed by atoms with Gasteiger partial charge in [0.15, 0.2) is 28.9 Å². The summed E-state index contributed by atoms with van der Waals surface area (Å²) in [6, 6.07) is 12.3. The van der Waals surface area contributed by atoms with Gasteiger partial charge in [-0.25, -0.2) is 19.3 Å². The average Bonchev–Trinajstić information content (AvgIpc) is 3.26. The van der Waals surface area contributed by atoms with Crippen molar-refractivity contribution >= 4 is 16.9 Å². The van der Waals surface area contributed by atoms with Crippen LogP contribution in [0.15, 0.2) is 59.3 Å². The normalized spacial score (nSPS) is 11.9. The van der Waals surface area contributed by atoms with Crippen LogP contribution in [0.5, 0.6) is 0 Å². The molecule has 178 valence electrons. The summed E-state index contributed by atoms with van der Waals surface area (Å²) in [5.74, 6) is 1.96. The molecule has 0 saturated carbocycles. The van der Waals surface area contributed by atoms with Crippen LogP contribution in [0, 0.1) is 18.7 Å². The number of benzene rings is 2. The summed E-state index contributed by atoms with van der Waals surface area (Å²) < 4.78 is 19.2. The van der Waals surface area contributed by atoms with Crippen LogP contribution in [0.4, 0.5) is 4.39 Å². The smallest absolute Gasteiger partial charge is 0.198 e. The molecule has 0 bridgehead atoms. The minimum atomic E-state index is -0.304. The van der Waals surface area contributed by atoms with E-state index in [1.54, 1.807) is 37.5 Å². The van der Waals surface area contributed by atoms with E-state index in [1.807, 2.05) is 25.1 Å². The molecule has 5 nitrogen and oxygen atoms in total. The summed E-state index contributed by atoms with van der Waals surface area (Å²) in [6.07, 6.45) is 6.50. The van der Waals surface area contributed by atoms with E-state index < -0.39 is 0 Å². The number of ketones is 1. The van der Waals surface area contributed by atoms with E-state index in [2.05, 4.69) is 35.7 Å². The summed E-state index contributed by atoms with van der Waals surface area (Å²) in [5.41, 5.74) is 3.43. The van der Waals surface area contributed by atoms with E-state index in [1.165, 1.54) is 6.07 Å². The highest BCUT2D eigenvalue weighted by Crippen LogP contribution is 2.29. The second kappa shape index (κ2) is 11.6. The Balaban J connectivity index is 0.000000192. The van der Waals surface area contributed by atoms with Gasteiger partial charge in [0.05, 0.1) is 0 Å². The van der Waals surface area contributed by atoms with Crippen molar-refractivity contribution in [1.82, 2.24) is 15.0 Å². The SMILES string of the molecule is CC(=O)c1cc(C)ccc1-c1ncccn1.CCC(CCC(C)C)c1nc2c(F)cccc2o1. The van der Waals surface area contributed by atoms with Gasteiger partial charge in [-0.3, -0.25) is 4.79 Å². The molecule has 34 heavy (non-hydrogen) atoms. The average molecular weight is 462 g/mol. The van der Waals surface area contributed by atoms with Crippen LogP contribution in [0.25, 0.3) is 22.5 Å². The number of aryl methyl sites for hydroxylation is 1. The number of halogens is 1. The highest BCUT2D eigenvalue weighted by atomic mass is 19.1. The van der Waals surface area contributed by atoms with Crippen molar-refractivity contribution in [1.29, 1.82) is 0 Å². The lowest BCUT2D eigenvalue weighted by atomic mass is 9.96. The van der Waals surface area contributed by atoms with E-state index >= 15 is 0 Å². The van der Waals surface area contributed by atoms with Crippen molar-refractivity contribution in [2.45, 2.75) is 59.8 Å². The molecule has 0 radical (unpaired) electrons. The van der Waals surface area contributed by atoms with Gasteiger partial charge in [-0.15, -0.1) is 0 Å². The number of oxazole rings is 1. The van der Waals surface area contributed by atoms with E-state index in [0.29, 0.717) is 40.2 Å². The third-order valence-corrected chi connectivity index (χ3v) is 5.68. The van der Waals surface area contributed by atoms with Crippen LogP contribution in [0.2, 0.25) is 0 Å². The minimum Gasteiger partial charge on any atom is -0.440 e. The minimum absolute atomic E-state index is 0.0335. The molecule has 0 aliphatic rings. The molecule has 0 N–H and O–H groups in total. The fourth-order valence-electron chi connectivity index (χ4n) is 3.73. The number of fused-ring (bicyclic) bond motifs is 1. The van der Waals surface area contributed by atoms with E-state index in [4.69, 9.17) is 4.42 Å². The van der Waals surface area contributed by atoms with Crippen LogP contribution in [-0.2, 0) is 0 Å². The fourth-order valence-corrected chi connectivity index (χ4v) is 3.73. The van der Waals surface area contributed by atoms with Gasteiger partial charge in [0.25, 0.3) is 0 Å². The maximum absolute atomic E-state index is 13.6. The number of rotatable bonds is 7. The molecule has 0 saturated heterocycles. The van der Waals surface area contributed by atoms with Gasteiger partial charge >= 0.3 is 0 Å². The van der Waals surface area contributed by atoms with Gasteiger partial charge in [0.1, 0.15) is 5.52 Å². The summed E-state index contributed by atoms with van der Waals surface area (Å²) in [5, 5.41) is 0. The second-order valence-electron chi connectivity index (χ2n) is 8.89. The van der Waals surface area contributed by atoms with Gasteiger partial charge in [-0.05, 0) is 56.9 Å². The lowest BCUT2D eigenvalue weighted by Gasteiger charge is -2.12. The molecule has 0 fully saturated rings. The zero-order valence-corrected chi connectivity index (χ0v) is 20.5. The zero-order valence-electron chi connectivity index (χ0n) is 20.5. The Hall–Kier alpha value is -3.41. The molecule has 0 aliphatic carbocycles. The molecular weight excluding hydrogens is 429 g/mol. The van der Waals surface area contributed by atoms with Crippen molar-refractivity contribution in [3.8, 4) is 11.4 Å². The van der Waals surface area contributed by atoms with Crippen molar-refractivity contribution in [3.05, 3.63) is 77.7 Å². The molecular formula is C28H32FN3O2. The number of carbonyl (C=O) groups excluding carboxylic acids is 1. The van der Waals surface area contributed by atoms with Gasteiger partial charge in [0, 0.05) is 29.4 Å². The Kier molecular flexibility index (Phi) is 8.63. The lowest BCUT2D eigenvalue weighted by Crippen LogP contribution is -2.00. The number of hydrogen-bond donors (Lipinski definition) is 0. The van der Waals surface area contributed by atoms with Crippen molar-refractivity contribution in [3.63, 3.8) is 0 Å². The highest BCUT2D eigenvalue weighted by molar-refractivity contribution is 6.00. The largest absolute Gasteiger partial charge is 0.440 e. The number of Topliss-reactive ketones (excluding diaryl/α,β-unsaturated/α-hetero) is 1. The van der Waals surface area contributed by atoms with Crippen LogP contribution >= 0.6 is 0 Å². The molecule has 2 aromatic heterocycles. The summed E-state index contributed by atoms with van der Waals surface area (Å²) >= 11 is 0. The van der Waals surface area contributed by atoms with Gasteiger partial charge in [0.2, 0.25) is 0 Å². The van der Waals surface area contributed by atoms with Crippen LogP contribution < -0.4 is 0 Å². The Labute approximate surface area is 200 Å². The quantitative estimate of drug-likeness (QED) is 0.266. The van der Waals surface area contributed by atoms with Crippen molar-refractivity contribution in [2.24, 2.45) is 5.92 Å². The molecule has 0 aliphatic heterocycles. The third-order valence-electron chi connectivity index (χ3n) is 5.68. The van der Waals surface area contributed by atoms with Crippen LogP contribution in [0.1, 0.15) is 74.7 Å². The number of hydrogen-bond acceptors (Lipinski definition) is 5. The molecule has 0 amide bonds. The fraction of sp³-hybridized carbons (Fsp3) is 0.357. The Bertz CT molecular complexity index is 1240. The molecule has 0 spiro atoms. The maximum Gasteiger partial charge on any atom is 0.198 e. The second-order valence-corrected chi connectivity index (χ2v) is 8.89. The molecule has 1 atom stereocenters. The first-order valence-electron chi connectivity index (χ1n) is 11.7. The molecule has 4 aromatic rings.